The lowest BCUT2D eigenvalue weighted by molar-refractivity contribution is 0.200. The van der Waals surface area contributed by atoms with Gasteiger partial charge in [-0.05, 0) is 19.8 Å². The van der Waals surface area contributed by atoms with E-state index in [0.717, 1.165) is 12.8 Å². The van der Waals surface area contributed by atoms with Gasteiger partial charge in [-0.1, -0.05) is 6.92 Å². The van der Waals surface area contributed by atoms with Crippen molar-refractivity contribution < 1.29 is 10.2 Å². The minimum absolute atomic E-state index is 0.0164. The number of rotatable bonds is 6. The van der Waals surface area contributed by atoms with Gasteiger partial charge in [-0.25, -0.2) is 0 Å². The third-order valence-electron chi connectivity index (χ3n) is 2.11. The van der Waals surface area contributed by atoms with Crippen molar-refractivity contribution >= 4 is 0 Å². The molecule has 0 amide bonds. The number of aliphatic hydroxyl groups is 2. The Hall–Kier alpha value is -0.120. The van der Waals surface area contributed by atoms with Crippen molar-refractivity contribution in [3.8, 4) is 0 Å². The number of nitrogens with one attached hydrogen (secondary N) is 1. The van der Waals surface area contributed by atoms with Crippen LogP contribution in [0.3, 0.4) is 0 Å². The smallest absolute Gasteiger partial charge is 0.0556 e. The highest BCUT2D eigenvalue weighted by molar-refractivity contribution is 4.80. The number of β-amino-alcohol motifs (C(OH)–C–C–N with tert-alkyl or cyclic N) is 1. The summed E-state index contributed by atoms with van der Waals surface area (Å²) >= 11 is 0. The van der Waals surface area contributed by atoms with Gasteiger partial charge in [0.1, 0.15) is 0 Å². The van der Waals surface area contributed by atoms with E-state index in [4.69, 9.17) is 10.2 Å². The van der Waals surface area contributed by atoms with Crippen LogP contribution >= 0.6 is 0 Å². The van der Waals surface area contributed by atoms with E-state index in [9.17, 15) is 0 Å². The van der Waals surface area contributed by atoms with Crippen molar-refractivity contribution in [2.24, 2.45) is 0 Å². The molecule has 3 N–H and O–H groups in total. The number of aliphatic hydroxyl groups excluding tert-OH is 2. The van der Waals surface area contributed by atoms with E-state index in [-0.39, 0.29) is 18.8 Å². The molecule has 0 aliphatic rings. The number of hydrogen-bond donors (Lipinski definition) is 3. The van der Waals surface area contributed by atoms with Crippen LogP contribution in [0.2, 0.25) is 0 Å². The van der Waals surface area contributed by atoms with Gasteiger partial charge in [0.25, 0.3) is 0 Å². The molecule has 3 nitrogen and oxygen atoms in total. The quantitative estimate of drug-likeness (QED) is 0.518. The summed E-state index contributed by atoms with van der Waals surface area (Å²) < 4.78 is 0. The number of hydrogen-bond acceptors (Lipinski definition) is 3. The predicted octanol–water partition coefficient (Wildman–Crippen LogP) is 0.119. The van der Waals surface area contributed by atoms with Crippen molar-refractivity contribution in [3.05, 3.63) is 0 Å². The van der Waals surface area contributed by atoms with Gasteiger partial charge in [-0.15, -0.1) is 0 Å². The van der Waals surface area contributed by atoms with Crippen molar-refractivity contribution in [2.45, 2.75) is 32.2 Å². The Labute approximate surface area is 68.4 Å². The van der Waals surface area contributed by atoms with Crippen molar-refractivity contribution in [3.63, 3.8) is 0 Å². The van der Waals surface area contributed by atoms with Crippen LogP contribution in [0.1, 0.15) is 26.7 Å². The van der Waals surface area contributed by atoms with Gasteiger partial charge in [0.05, 0.1) is 6.61 Å². The SMILES string of the molecule is CCC(C)(CCO)NCCO. The largest absolute Gasteiger partial charge is 0.396 e. The first-order chi connectivity index (χ1) is 5.18. The van der Waals surface area contributed by atoms with E-state index >= 15 is 0 Å². The van der Waals surface area contributed by atoms with E-state index in [0.29, 0.717) is 6.54 Å². The van der Waals surface area contributed by atoms with E-state index in [1.54, 1.807) is 0 Å². The molecule has 0 radical (unpaired) electrons. The van der Waals surface area contributed by atoms with Crippen molar-refractivity contribution in [1.29, 1.82) is 0 Å². The van der Waals surface area contributed by atoms with Crippen LogP contribution in [0.5, 0.6) is 0 Å². The first-order valence-electron chi connectivity index (χ1n) is 4.15. The second kappa shape index (κ2) is 5.52. The molecule has 0 fully saturated rings. The molecule has 68 valence electrons. The molecule has 0 aromatic carbocycles. The molecule has 0 bridgehead atoms. The van der Waals surface area contributed by atoms with Crippen LogP contribution in [-0.2, 0) is 0 Å². The monoisotopic (exact) mass is 161 g/mol. The van der Waals surface area contributed by atoms with Crippen LogP contribution in [0.25, 0.3) is 0 Å². The normalized spacial score (nSPS) is 16.4. The lowest BCUT2D eigenvalue weighted by atomic mass is 9.95. The highest BCUT2D eigenvalue weighted by Crippen LogP contribution is 2.12. The Balaban J connectivity index is 3.68. The second-order valence-electron chi connectivity index (χ2n) is 3.04. The van der Waals surface area contributed by atoms with Gasteiger partial charge in [-0.3, -0.25) is 0 Å². The minimum atomic E-state index is -0.0164. The molecule has 1 atom stereocenters. The molecular formula is C8H19NO2. The van der Waals surface area contributed by atoms with Crippen molar-refractivity contribution in [2.75, 3.05) is 19.8 Å². The van der Waals surface area contributed by atoms with Crippen LogP contribution in [0, 0.1) is 0 Å². The summed E-state index contributed by atoms with van der Waals surface area (Å²) in [6, 6.07) is 0. The van der Waals surface area contributed by atoms with Gasteiger partial charge < -0.3 is 15.5 Å². The summed E-state index contributed by atoms with van der Waals surface area (Å²) in [4.78, 5) is 0. The second-order valence-corrected chi connectivity index (χ2v) is 3.04. The molecule has 0 aromatic heterocycles. The summed E-state index contributed by atoms with van der Waals surface area (Å²) in [5.41, 5.74) is -0.0164. The van der Waals surface area contributed by atoms with Crippen LogP contribution < -0.4 is 5.32 Å². The summed E-state index contributed by atoms with van der Waals surface area (Å²) in [6.07, 6.45) is 1.71. The molecule has 0 spiro atoms. The fourth-order valence-electron chi connectivity index (χ4n) is 0.995. The Bertz CT molecular complexity index is 98.1. The molecular weight excluding hydrogens is 142 g/mol. The Morgan fingerprint density at radius 2 is 1.91 bits per heavy atom. The maximum absolute atomic E-state index is 8.73. The molecule has 0 aliphatic carbocycles. The zero-order valence-corrected chi connectivity index (χ0v) is 7.43. The minimum Gasteiger partial charge on any atom is -0.396 e. The summed E-state index contributed by atoms with van der Waals surface area (Å²) in [7, 11) is 0. The lowest BCUT2D eigenvalue weighted by Gasteiger charge is -2.28. The zero-order valence-electron chi connectivity index (χ0n) is 7.43. The molecule has 0 aromatic rings. The predicted molar refractivity (Wildman–Crippen MR) is 45.5 cm³/mol. The standard InChI is InChI=1S/C8H19NO2/c1-3-8(2,4-6-10)9-5-7-11/h9-11H,3-7H2,1-2H3. The fraction of sp³-hybridized carbons (Fsp3) is 1.00. The first-order valence-corrected chi connectivity index (χ1v) is 4.15. The summed E-state index contributed by atoms with van der Waals surface area (Å²) in [5.74, 6) is 0. The zero-order chi connectivity index (χ0) is 8.74. The first kappa shape index (κ1) is 10.9. The van der Waals surface area contributed by atoms with Crippen LogP contribution in [-0.4, -0.2) is 35.5 Å². The van der Waals surface area contributed by atoms with Gasteiger partial charge in [-0.2, -0.15) is 0 Å². The fourth-order valence-corrected chi connectivity index (χ4v) is 0.995. The maximum atomic E-state index is 8.73. The lowest BCUT2D eigenvalue weighted by Crippen LogP contribution is -2.43. The highest BCUT2D eigenvalue weighted by atomic mass is 16.3. The Kier molecular flexibility index (Phi) is 5.46. The maximum Gasteiger partial charge on any atom is 0.0556 e. The van der Waals surface area contributed by atoms with Crippen LogP contribution in [0.4, 0.5) is 0 Å². The molecule has 0 aliphatic heterocycles. The molecule has 0 rings (SSSR count). The van der Waals surface area contributed by atoms with E-state index in [1.807, 2.05) is 0 Å². The average Bonchev–Trinajstić information content (AvgIpc) is 2.02. The average molecular weight is 161 g/mol. The van der Waals surface area contributed by atoms with Gasteiger partial charge in [0.15, 0.2) is 0 Å². The Morgan fingerprint density at radius 1 is 1.27 bits per heavy atom. The van der Waals surface area contributed by atoms with E-state index in [2.05, 4.69) is 19.2 Å². The molecule has 0 saturated heterocycles. The van der Waals surface area contributed by atoms with Gasteiger partial charge in [0, 0.05) is 18.7 Å². The molecule has 0 saturated carbocycles. The Morgan fingerprint density at radius 3 is 2.27 bits per heavy atom. The van der Waals surface area contributed by atoms with Gasteiger partial charge >= 0.3 is 0 Å². The third-order valence-corrected chi connectivity index (χ3v) is 2.11. The van der Waals surface area contributed by atoms with Crippen molar-refractivity contribution in [1.82, 2.24) is 5.32 Å². The topological polar surface area (TPSA) is 52.5 Å². The molecule has 1 unspecified atom stereocenters. The van der Waals surface area contributed by atoms with Crippen LogP contribution in [0.15, 0.2) is 0 Å². The summed E-state index contributed by atoms with van der Waals surface area (Å²) in [5, 5.41) is 20.5. The van der Waals surface area contributed by atoms with E-state index < -0.39 is 0 Å². The molecule has 11 heavy (non-hydrogen) atoms. The summed E-state index contributed by atoms with van der Waals surface area (Å²) in [6.45, 7) is 5.08. The highest BCUT2D eigenvalue weighted by Gasteiger charge is 2.19. The van der Waals surface area contributed by atoms with E-state index in [1.165, 1.54) is 0 Å². The molecule has 0 heterocycles. The third kappa shape index (κ3) is 4.35. The van der Waals surface area contributed by atoms with Gasteiger partial charge in [0.2, 0.25) is 0 Å². The molecule has 3 heteroatoms.